The van der Waals surface area contributed by atoms with Gasteiger partial charge < -0.3 is 10.3 Å². The zero-order valence-corrected chi connectivity index (χ0v) is 13.2. The zero-order chi connectivity index (χ0) is 15.5. The Labute approximate surface area is 135 Å². The smallest absolute Gasteiger partial charge is 0.229 e. The number of thiazole rings is 1. The minimum atomic E-state index is -0.108. The molecule has 3 aromatic rings. The summed E-state index contributed by atoms with van der Waals surface area (Å²) in [5.41, 5.74) is 1.57. The minimum absolute atomic E-state index is 0.108. The van der Waals surface area contributed by atoms with Gasteiger partial charge in [-0.15, -0.1) is 11.3 Å². The van der Waals surface area contributed by atoms with Gasteiger partial charge in [-0.1, -0.05) is 0 Å². The zero-order valence-electron chi connectivity index (χ0n) is 11.6. The van der Waals surface area contributed by atoms with Crippen LogP contribution in [0.5, 0.6) is 0 Å². The maximum Gasteiger partial charge on any atom is 0.229 e. The molecular weight excluding hydrogens is 320 g/mol. The van der Waals surface area contributed by atoms with Gasteiger partial charge in [-0.25, -0.2) is 14.6 Å². The van der Waals surface area contributed by atoms with Crippen molar-refractivity contribution in [2.75, 3.05) is 5.32 Å². The summed E-state index contributed by atoms with van der Waals surface area (Å²) >= 11 is 6.48. The summed E-state index contributed by atoms with van der Waals surface area (Å²) in [6.45, 7) is 1.91. The van der Waals surface area contributed by atoms with Crippen LogP contribution in [0.1, 0.15) is 10.6 Å². The topological polar surface area (TPSA) is 88.5 Å². The van der Waals surface area contributed by atoms with Crippen LogP contribution in [-0.4, -0.2) is 30.6 Å². The molecule has 0 aromatic carbocycles. The van der Waals surface area contributed by atoms with Crippen LogP contribution in [0.15, 0.2) is 31.0 Å². The van der Waals surface area contributed by atoms with Crippen LogP contribution in [0.25, 0.3) is 5.82 Å². The Kier molecular flexibility index (Phi) is 4.07. The van der Waals surface area contributed by atoms with Gasteiger partial charge in [-0.2, -0.15) is 5.10 Å². The second-order valence-corrected chi connectivity index (χ2v) is 6.30. The summed E-state index contributed by atoms with van der Waals surface area (Å²) in [5.74, 6) is 0.526. The lowest BCUT2D eigenvalue weighted by Crippen LogP contribution is -2.14. The van der Waals surface area contributed by atoms with E-state index >= 15 is 0 Å². The molecule has 112 valence electrons. The Morgan fingerprint density at radius 3 is 2.95 bits per heavy atom. The first-order chi connectivity index (χ1) is 10.6. The van der Waals surface area contributed by atoms with Gasteiger partial charge in [-0.05, 0) is 31.3 Å². The quantitative estimate of drug-likeness (QED) is 0.716. The number of hydrogen-bond acceptors (Lipinski definition) is 6. The van der Waals surface area contributed by atoms with E-state index in [-0.39, 0.29) is 12.3 Å². The molecule has 0 radical (unpaired) electrons. The predicted octanol–water partition coefficient (Wildman–Crippen LogP) is 2.27. The average molecular weight is 332 g/mol. The first-order valence-corrected chi connectivity index (χ1v) is 7.64. The third-order valence-corrected chi connectivity index (χ3v) is 4.27. The highest BCUT2D eigenvalue weighted by molar-refractivity contribution is 7.73. The van der Waals surface area contributed by atoms with E-state index in [9.17, 15) is 4.79 Å². The largest absolute Gasteiger partial charge is 0.341 e. The predicted molar refractivity (Wildman–Crippen MR) is 85.7 cm³/mol. The Morgan fingerprint density at radius 1 is 1.50 bits per heavy atom. The van der Waals surface area contributed by atoms with Crippen LogP contribution in [-0.2, 0) is 11.2 Å². The first-order valence-electron chi connectivity index (χ1n) is 6.41. The first kappa shape index (κ1) is 14.5. The van der Waals surface area contributed by atoms with Crippen molar-refractivity contribution in [2.45, 2.75) is 13.3 Å². The fourth-order valence-corrected chi connectivity index (χ4v) is 3.17. The van der Waals surface area contributed by atoms with Crippen molar-refractivity contribution in [3.8, 4) is 5.82 Å². The van der Waals surface area contributed by atoms with Gasteiger partial charge in [0, 0.05) is 10.6 Å². The van der Waals surface area contributed by atoms with E-state index in [0.29, 0.717) is 15.5 Å². The minimum Gasteiger partial charge on any atom is -0.341 e. The lowest BCUT2D eigenvalue weighted by Gasteiger charge is -2.05. The van der Waals surface area contributed by atoms with Crippen LogP contribution < -0.4 is 5.32 Å². The average Bonchev–Trinajstić information content (AvgIpc) is 3.10. The third-order valence-electron chi connectivity index (χ3n) is 2.93. The van der Waals surface area contributed by atoms with Crippen LogP contribution in [0.4, 0.5) is 5.69 Å². The molecule has 0 saturated heterocycles. The number of nitrogens with one attached hydrogen (secondary N) is 2. The van der Waals surface area contributed by atoms with E-state index in [1.165, 1.54) is 17.7 Å². The number of anilines is 1. The second-order valence-electron chi connectivity index (χ2n) is 4.53. The Bertz CT molecular complexity index is 834. The van der Waals surface area contributed by atoms with E-state index in [4.69, 9.17) is 12.2 Å². The van der Waals surface area contributed by atoms with Gasteiger partial charge in [0.25, 0.3) is 0 Å². The standard InChI is InChI=1S/C13H12N6OS2/c1-8-10(22-13(21)17-8)4-12(20)18-9-2-3-11(15-5-9)19-7-14-6-16-19/h2-3,5-7H,4H2,1H3,(H,17,21)(H,18,20). The number of carbonyl (C=O) groups excluding carboxylic acids is 1. The Hall–Kier alpha value is -2.39. The summed E-state index contributed by atoms with van der Waals surface area (Å²) < 4.78 is 2.22. The molecule has 0 aliphatic carbocycles. The van der Waals surface area contributed by atoms with Crippen LogP contribution >= 0.6 is 23.6 Å². The highest BCUT2D eigenvalue weighted by Gasteiger charge is 2.09. The van der Waals surface area contributed by atoms with E-state index in [2.05, 4.69) is 25.4 Å². The molecule has 9 heteroatoms. The fourth-order valence-electron chi connectivity index (χ4n) is 1.88. The second kappa shape index (κ2) is 6.16. The molecular formula is C13H12N6OS2. The van der Waals surface area contributed by atoms with Gasteiger partial charge in [-0.3, -0.25) is 4.79 Å². The van der Waals surface area contributed by atoms with Gasteiger partial charge >= 0.3 is 0 Å². The molecule has 0 aliphatic rings. The summed E-state index contributed by atoms with van der Waals surface area (Å²) in [5, 5.41) is 6.80. The van der Waals surface area contributed by atoms with Crippen LogP contribution in [0.3, 0.4) is 0 Å². The summed E-state index contributed by atoms with van der Waals surface area (Å²) in [4.78, 5) is 24.1. The van der Waals surface area contributed by atoms with Gasteiger partial charge in [0.15, 0.2) is 9.77 Å². The molecule has 0 bridgehead atoms. The Balaban J connectivity index is 1.66. The number of aromatic nitrogens is 5. The van der Waals surface area contributed by atoms with Gasteiger partial charge in [0.1, 0.15) is 12.7 Å². The number of carbonyl (C=O) groups is 1. The molecule has 22 heavy (non-hydrogen) atoms. The highest BCUT2D eigenvalue weighted by atomic mass is 32.1. The number of rotatable bonds is 4. The SMILES string of the molecule is Cc1[nH]c(=S)sc1CC(=O)Nc1ccc(-n2cncn2)nc1. The molecule has 3 rings (SSSR count). The van der Waals surface area contributed by atoms with Crippen molar-refractivity contribution in [3.05, 3.63) is 45.5 Å². The van der Waals surface area contributed by atoms with Crippen molar-refractivity contribution >= 4 is 35.1 Å². The maximum absolute atomic E-state index is 12.0. The van der Waals surface area contributed by atoms with Crippen LogP contribution in [0.2, 0.25) is 0 Å². The Morgan fingerprint density at radius 2 is 2.36 bits per heavy atom. The lowest BCUT2D eigenvalue weighted by molar-refractivity contribution is -0.115. The molecule has 3 aromatic heterocycles. The number of pyridine rings is 1. The van der Waals surface area contributed by atoms with Crippen molar-refractivity contribution in [2.24, 2.45) is 0 Å². The van der Waals surface area contributed by atoms with Crippen molar-refractivity contribution in [3.63, 3.8) is 0 Å². The number of nitrogens with zero attached hydrogens (tertiary/aromatic N) is 4. The number of H-pyrrole nitrogens is 1. The fraction of sp³-hybridized carbons (Fsp3) is 0.154. The van der Waals surface area contributed by atoms with E-state index < -0.39 is 0 Å². The van der Waals surface area contributed by atoms with Gasteiger partial charge in [0.2, 0.25) is 5.91 Å². The molecule has 0 fully saturated rings. The summed E-state index contributed by atoms with van der Waals surface area (Å²) in [6, 6.07) is 3.53. The van der Waals surface area contributed by atoms with E-state index in [0.717, 1.165) is 10.6 Å². The van der Waals surface area contributed by atoms with Crippen molar-refractivity contribution < 1.29 is 4.79 Å². The third kappa shape index (κ3) is 3.26. The molecule has 0 spiro atoms. The van der Waals surface area contributed by atoms with Crippen LogP contribution in [0, 0.1) is 10.9 Å². The molecule has 2 N–H and O–H groups in total. The molecule has 0 saturated carbocycles. The number of amides is 1. The normalized spacial score (nSPS) is 10.6. The molecule has 7 nitrogen and oxygen atoms in total. The number of aromatic amines is 1. The summed E-state index contributed by atoms with van der Waals surface area (Å²) in [6.07, 6.45) is 4.86. The van der Waals surface area contributed by atoms with E-state index in [1.54, 1.807) is 29.3 Å². The van der Waals surface area contributed by atoms with Gasteiger partial charge in [0.05, 0.1) is 18.3 Å². The molecule has 0 unspecified atom stereocenters. The lowest BCUT2D eigenvalue weighted by atomic mass is 10.3. The maximum atomic E-state index is 12.0. The number of hydrogen-bond donors (Lipinski definition) is 2. The molecule has 3 heterocycles. The molecule has 0 aliphatic heterocycles. The molecule has 0 atom stereocenters. The van der Waals surface area contributed by atoms with Crippen molar-refractivity contribution in [1.82, 2.24) is 24.7 Å². The van der Waals surface area contributed by atoms with Crippen molar-refractivity contribution in [1.29, 1.82) is 0 Å². The highest BCUT2D eigenvalue weighted by Crippen LogP contribution is 2.16. The molecule has 1 amide bonds. The summed E-state index contributed by atoms with van der Waals surface area (Å²) in [7, 11) is 0. The monoisotopic (exact) mass is 332 g/mol. The number of aryl methyl sites for hydroxylation is 1. The van der Waals surface area contributed by atoms with E-state index in [1.807, 2.05) is 6.92 Å².